The normalized spacial score (nSPS) is 33.4. The molecule has 114 valence electrons. The van der Waals surface area contributed by atoms with Gasteiger partial charge in [-0.05, 0) is 52.5 Å². The Labute approximate surface area is 122 Å². The van der Waals surface area contributed by atoms with Crippen molar-refractivity contribution in [1.29, 1.82) is 0 Å². The minimum atomic E-state index is -0.000897. The van der Waals surface area contributed by atoms with Gasteiger partial charge in [0, 0.05) is 18.6 Å². The van der Waals surface area contributed by atoms with Crippen LogP contribution in [0.15, 0.2) is 0 Å². The van der Waals surface area contributed by atoms with Crippen LogP contribution in [0.4, 0.5) is 0 Å². The van der Waals surface area contributed by atoms with Gasteiger partial charge in [-0.15, -0.1) is 0 Å². The van der Waals surface area contributed by atoms with Crippen molar-refractivity contribution < 1.29 is 4.79 Å². The minimum Gasteiger partial charge on any atom is -0.324 e. The summed E-state index contributed by atoms with van der Waals surface area (Å²) in [4.78, 5) is 17.1. The van der Waals surface area contributed by atoms with Crippen molar-refractivity contribution in [3.63, 3.8) is 0 Å². The van der Waals surface area contributed by atoms with Crippen LogP contribution >= 0.6 is 0 Å². The molecule has 2 aliphatic carbocycles. The summed E-state index contributed by atoms with van der Waals surface area (Å²) >= 11 is 0. The molecule has 3 fully saturated rings. The molecular formula is C16H29N3O. The molecule has 1 saturated heterocycles. The van der Waals surface area contributed by atoms with Crippen LogP contribution < -0.4 is 5.32 Å². The fraction of sp³-hybridized carbons (Fsp3) is 0.938. The molecule has 1 heterocycles. The maximum absolute atomic E-state index is 12.5. The molecule has 1 aliphatic heterocycles. The van der Waals surface area contributed by atoms with Crippen LogP contribution in [0.25, 0.3) is 0 Å². The number of carbonyl (C=O) groups excluding carboxylic acids is 1. The summed E-state index contributed by atoms with van der Waals surface area (Å²) in [5.74, 6) is 0.972. The van der Waals surface area contributed by atoms with Crippen molar-refractivity contribution in [2.24, 2.45) is 5.92 Å². The van der Waals surface area contributed by atoms with E-state index in [0.717, 1.165) is 12.6 Å². The molecule has 0 aromatic heterocycles. The van der Waals surface area contributed by atoms with E-state index in [1.807, 2.05) is 6.92 Å². The SMILES string of the molecule is CC1NC(C2CCCC2)N(CC(C)N(C)C2CC2)C1=O. The van der Waals surface area contributed by atoms with Crippen molar-refractivity contribution in [2.45, 2.75) is 76.7 Å². The quantitative estimate of drug-likeness (QED) is 0.833. The van der Waals surface area contributed by atoms with Gasteiger partial charge in [0.1, 0.15) is 0 Å². The summed E-state index contributed by atoms with van der Waals surface area (Å²) in [7, 11) is 2.21. The van der Waals surface area contributed by atoms with Gasteiger partial charge < -0.3 is 4.90 Å². The van der Waals surface area contributed by atoms with Crippen LogP contribution in [0, 0.1) is 5.92 Å². The Morgan fingerprint density at radius 3 is 2.55 bits per heavy atom. The van der Waals surface area contributed by atoms with Gasteiger partial charge in [-0.1, -0.05) is 12.8 Å². The minimum absolute atomic E-state index is 0.000897. The smallest absolute Gasteiger partial charge is 0.240 e. The average molecular weight is 279 g/mol. The summed E-state index contributed by atoms with van der Waals surface area (Å²) in [6.07, 6.45) is 8.16. The zero-order chi connectivity index (χ0) is 14.3. The molecule has 1 N–H and O–H groups in total. The first-order chi connectivity index (χ1) is 9.58. The maximum atomic E-state index is 12.5. The van der Waals surface area contributed by atoms with Gasteiger partial charge >= 0.3 is 0 Å². The van der Waals surface area contributed by atoms with Crippen molar-refractivity contribution >= 4 is 5.91 Å². The Morgan fingerprint density at radius 2 is 1.95 bits per heavy atom. The fourth-order valence-electron chi connectivity index (χ4n) is 3.93. The molecule has 4 heteroatoms. The first kappa shape index (κ1) is 14.3. The third-order valence-electron chi connectivity index (χ3n) is 5.54. The first-order valence-corrected chi connectivity index (χ1v) is 8.36. The van der Waals surface area contributed by atoms with E-state index in [1.54, 1.807) is 0 Å². The predicted octanol–water partition coefficient (Wildman–Crippen LogP) is 1.81. The molecule has 0 aromatic carbocycles. The number of nitrogens with one attached hydrogen (secondary N) is 1. The van der Waals surface area contributed by atoms with E-state index >= 15 is 0 Å². The molecular weight excluding hydrogens is 250 g/mol. The van der Waals surface area contributed by atoms with Crippen molar-refractivity contribution in [3.05, 3.63) is 0 Å². The number of likely N-dealkylation sites (N-methyl/N-ethyl adjacent to an activating group) is 1. The van der Waals surface area contributed by atoms with Crippen LogP contribution in [-0.2, 0) is 4.79 Å². The lowest BCUT2D eigenvalue weighted by molar-refractivity contribution is -0.131. The summed E-state index contributed by atoms with van der Waals surface area (Å²) < 4.78 is 0. The van der Waals surface area contributed by atoms with E-state index in [0.29, 0.717) is 17.9 Å². The standard InChI is InChI=1S/C16H29N3O/c1-11(18(3)14-8-9-14)10-19-15(13-6-4-5-7-13)17-12(2)16(19)20/h11-15,17H,4-10H2,1-3H3. The number of hydrogen-bond donors (Lipinski definition) is 1. The molecule has 4 nitrogen and oxygen atoms in total. The molecule has 0 spiro atoms. The highest BCUT2D eigenvalue weighted by atomic mass is 16.2. The van der Waals surface area contributed by atoms with Crippen LogP contribution in [0.3, 0.4) is 0 Å². The molecule has 3 rings (SSSR count). The topological polar surface area (TPSA) is 35.6 Å². The molecule has 20 heavy (non-hydrogen) atoms. The molecule has 1 amide bonds. The van der Waals surface area contributed by atoms with Crippen molar-refractivity contribution in [1.82, 2.24) is 15.1 Å². The Bertz CT molecular complexity index is 363. The molecule has 3 atom stereocenters. The van der Waals surface area contributed by atoms with Crippen molar-refractivity contribution in [3.8, 4) is 0 Å². The second-order valence-electron chi connectivity index (χ2n) is 7.11. The van der Waals surface area contributed by atoms with Crippen LogP contribution in [-0.4, -0.2) is 53.6 Å². The third kappa shape index (κ3) is 2.73. The lowest BCUT2D eigenvalue weighted by Crippen LogP contribution is -2.48. The highest BCUT2D eigenvalue weighted by Gasteiger charge is 2.42. The average Bonchev–Trinajstić information content (AvgIpc) is 3.08. The predicted molar refractivity (Wildman–Crippen MR) is 80.3 cm³/mol. The van der Waals surface area contributed by atoms with E-state index in [-0.39, 0.29) is 12.2 Å². The van der Waals surface area contributed by atoms with E-state index < -0.39 is 0 Å². The molecule has 0 bridgehead atoms. The zero-order valence-corrected chi connectivity index (χ0v) is 13.1. The van der Waals surface area contributed by atoms with Crippen LogP contribution in [0.1, 0.15) is 52.4 Å². The Morgan fingerprint density at radius 1 is 1.30 bits per heavy atom. The van der Waals surface area contributed by atoms with Gasteiger partial charge in [-0.25, -0.2) is 0 Å². The van der Waals surface area contributed by atoms with Gasteiger partial charge in [0.25, 0.3) is 0 Å². The van der Waals surface area contributed by atoms with Gasteiger partial charge in [0.15, 0.2) is 0 Å². The van der Waals surface area contributed by atoms with E-state index in [9.17, 15) is 4.79 Å². The molecule has 0 radical (unpaired) electrons. The van der Waals surface area contributed by atoms with Gasteiger partial charge in [0.2, 0.25) is 5.91 Å². The van der Waals surface area contributed by atoms with E-state index in [2.05, 4.69) is 29.1 Å². The highest BCUT2D eigenvalue weighted by Crippen LogP contribution is 2.33. The summed E-state index contributed by atoms with van der Waals surface area (Å²) in [6.45, 7) is 5.16. The largest absolute Gasteiger partial charge is 0.324 e. The Hall–Kier alpha value is -0.610. The molecule has 0 aromatic rings. The summed E-state index contributed by atoms with van der Waals surface area (Å²) in [5, 5.41) is 3.54. The van der Waals surface area contributed by atoms with E-state index in [4.69, 9.17) is 0 Å². The number of rotatable bonds is 5. The van der Waals surface area contributed by atoms with Gasteiger partial charge in [0.05, 0.1) is 12.2 Å². The Kier molecular flexibility index (Phi) is 4.04. The highest BCUT2D eigenvalue weighted by molar-refractivity contribution is 5.84. The Balaban J connectivity index is 1.65. The summed E-state index contributed by atoms with van der Waals surface area (Å²) in [5.41, 5.74) is 0. The lowest BCUT2D eigenvalue weighted by atomic mass is 10.0. The molecule has 3 unspecified atom stereocenters. The second kappa shape index (κ2) is 5.64. The number of hydrogen-bond acceptors (Lipinski definition) is 3. The van der Waals surface area contributed by atoms with Gasteiger partial charge in [-0.3, -0.25) is 15.0 Å². The number of carbonyl (C=O) groups is 1. The van der Waals surface area contributed by atoms with Crippen LogP contribution in [0.2, 0.25) is 0 Å². The molecule has 2 saturated carbocycles. The van der Waals surface area contributed by atoms with Gasteiger partial charge in [-0.2, -0.15) is 0 Å². The number of nitrogens with zero attached hydrogens (tertiary/aromatic N) is 2. The monoisotopic (exact) mass is 279 g/mol. The lowest BCUT2D eigenvalue weighted by Gasteiger charge is -2.34. The first-order valence-electron chi connectivity index (χ1n) is 8.36. The van der Waals surface area contributed by atoms with E-state index in [1.165, 1.54) is 38.5 Å². The maximum Gasteiger partial charge on any atom is 0.240 e. The second-order valence-corrected chi connectivity index (χ2v) is 7.11. The zero-order valence-electron chi connectivity index (χ0n) is 13.1. The third-order valence-corrected chi connectivity index (χ3v) is 5.54. The number of amides is 1. The van der Waals surface area contributed by atoms with Crippen molar-refractivity contribution in [2.75, 3.05) is 13.6 Å². The van der Waals surface area contributed by atoms with Crippen LogP contribution in [0.5, 0.6) is 0 Å². The molecule has 3 aliphatic rings. The fourth-order valence-corrected chi connectivity index (χ4v) is 3.93. The summed E-state index contributed by atoms with van der Waals surface area (Å²) in [6, 6.07) is 1.22.